The Bertz CT molecular complexity index is 657. The lowest BCUT2D eigenvalue weighted by Gasteiger charge is -2.21. The zero-order valence-corrected chi connectivity index (χ0v) is 12.7. The summed E-state index contributed by atoms with van der Waals surface area (Å²) in [5.74, 6) is 0.436. The third-order valence-electron chi connectivity index (χ3n) is 2.38. The molecule has 1 aromatic carbocycles. The van der Waals surface area contributed by atoms with Crippen LogP contribution < -0.4 is 15.2 Å². The van der Waals surface area contributed by atoms with Gasteiger partial charge in [-0.3, -0.25) is 0 Å². The van der Waals surface area contributed by atoms with Crippen LogP contribution in [0.1, 0.15) is 20.8 Å². The van der Waals surface area contributed by atoms with E-state index in [9.17, 15) is 4.39 Å². The molecule has 0 amide bonds. The molecule has 0 aliphatic carbocycles. The van der Waals surface area contributed by atoms with E-state index in [0.717, 1.165) is 0 Å². The first-order chi connectivity index (χ1) is 9.74. The van der Waals surface area contributed by atoms with Gasteiger partial charge in [-0.25, -0.2) is 4.39 Å². The minimum atomic E-state index is -0.508. The number of benzene rings is 1. The lowest BCUT2D eigenvalue weighted by atomic mass is 10.2. The molecule has 0 unspecified atom stereocenters. The molecule has 6 heteroatoms. The average Bonchev–Trinajstić information content (AvgIpc) is 2.36. The highest BCUT2D eigenvalue weighted by molar-refractivity contribution is 6.30. The Morgan fingerprint density at radius 1 is 1.19 bits per heavy atom. The first kappa shape index (κ1) is 15.4. The van der Waals surface area contributed by atoms with Crippen LogP contribution >= 0.6 is 11.6 Å². The fourth-order valence-electron chi connectivity index (χ4n) is 1.52. The van der Waals surface area contributed by atoms with Crippen molar-refractivity contribution >= 4 is 17.3 Å². The van der Waals surface area contributed by atoms with Gasteiger partial charge in [0.05, 0.1) is 10.7 Å². The van der Waals surface area contributed by atoms with Gasteiger partial charge in [0, 0.05) is 12.1 Å². The molecule has 2 N–H and O–H groups in total. The van der Waals surface area contributed by atoms with Gasteiger partial charge in [-0.1, -0.05) is 11.6 Å². The van der Waals surface area contributed by atoms with Crippen molar-refractivity contribution in [2.24, 2.45) is 0 Å². The fraction of sp³-hybridized carbons (Fsp3) is 0.267. The molecule has 2 rings (SSSR count). The number of ether oxygens (including phenoxy) is 2. The van der Waals surface area contributed by atoms with Crippen molar-refractivity contribution in [1.29, 1.82) is 0 Å². The molecule has 0 saturated carbocycles. The average molecular weight is 311 g/mol. The van der Waals surface area contributed by atoms with Gasteiger partial charge in [0.1, 0.15) is 17.2 Å². The van der Waals surface area contributed by atoms with E-state index in [-0.39, 0.29) is 16.8 Å². The van der Waals surface area contributed by atoms with Crippen LogP contribution in [-0.4, -0.2) is 10.6 Å². The lowest BCUT2D eigenvalue weighted by molar-refractivity contribution is 0.124. The first-order valence-electron chi connectivity index (χ1n) is 6.33. The summed E-state index contributed by atoms with van der Waals surface area (Å²) in [7, 11) is 0. The molecule has 21 heavy (non-hydrogen) atoms. The summed E-state index contributed by atoms with van der Waals surface area (Å²) >= 11 is 5.70. The maximum Gasteiger partial charge on any atom is 0.241 e. The van der Waals surface area contributed by atoms with Gasteiger partial charge in [0.25, 0.3) is 0 Å². The van der Waals surface area contributed by atoms with Crippen LogP contribution in [0.15, 0.2) is 30.3 Å². The monoisotopic (exact) mass is 310 g/mol. The smallest absolute Gasteiger partial charge is 0.241 e. The highest BCUT2D eigenvalue weighted by atomic mass is 35.5. The van der Waals surface area contributed by atoms with Gasteiger partial charge in [0.15, 0.2) is 0 Å². The number of anilines is 1. The van der Waals surface area contributed by atoms with Crippen molar-refractivity contribution in [2.75, 3.05) is 5.73 Å². The van der Waals surface area contributed by atoms with Gasteiger partial charge in [-0.15, -0.1) is 0 Å². The largest absolute Gasteiger partial charge is 0.470 e. The van der Waals surface area contributed by atoms with Gasteiger partial charge < -0.3 is 15.2 Å². The van der Waals surface area contributed by atoms with Crippen molar-refractivity contribution in [3.63, 3.8) is 0 Å². The first-order valence-corrected chi connectivity index (χ1v) is 6.71. The highest BCUT2D eigenvalue weighted by Crippen LogP contribution is 2.29. The van der Waals surface area contributed by atoms with Gasteiger partial charge in [0.2, 0.25) is 11.8 Å². The maximum absolute atomic E-state index is 13.1. The predicted molar refractivity (Wildman–Crippen MR) is 80.5 cm³/mol. The molecule has 112 valence electrons. The standard InChI is InChI=1S/C15H16ClFN2O2/c1-15(2,3)21-14-12(18)6-7-13(19-14)20-9-4-5-11(17)10(16)8-9/h4-8H,18H2,1-3H3. The molecule has 1 heterocycles. The molecular weight excluding hydrogens is 295 g/mol. The second-order valence-corrected chi connectivity index (χ2v) is 5.84. The van der Waals surface area contributed by atoms with Crippen LogP contribution in [0.4, 0.5) is 10.1 Å². The molecule has 0 aliphatic heterocycles. The normalized spacial score (nSPS) is 11.3. The maximum atomic E-state index is 13.1. The number of rotatable bonds is 3. The zero-order valence-electron chi connectivity index (χ0n) is 12.0. The van der Waals surface area contributed by atoms with Crippen LogP contribution in [0.5, 0.6) is 17.5 Å². The number of nitrogens with two attached hydrogens (primary N) is 1. The summed E-state index contributed by atoms with van der Waals surface area (Å²) in [5.41, 5.74) is 5.80. The molecule has 0 aliphatic rings. The third kappa shape index (κ3) is 4.23. The summed E-state index contributed by atoms with van der Waals surface area (Å²) in [6.45, 7) is 5.67. The molecule has 0 spiro atoms. The van der Waals surface area contributed by atoms with Crippen molar-refractivity contribution < 1.29 is 13.9 Å². The molecule has 2 aromatic rings. The third-order valence-corrected chi connectivity index (χ3v) is 2.67. The van der Waals surface area contributed by atoms with Gasteiger partial charge >= 0.3 is 0 Å². The van der Waals surface area contributed by atoms with Crippen LogP contribution in [0.2, 0.25) is 5.02 Å². The predicted octanol–water partition coefficient (Wildman–Crippen LogP) is 4.43. The quantitative estimate of drug-likeness (QED) is 0.911. The number of nitrogen functional groups attached to an aromatic ring is 1. The zero-order chi connectivity index (χ0) is 15.6. The number of hydrogen-bond acceptors (Lipinski definition) is 4. The minimum Gasteiger partial charge on any atom is -0.470 e. The number of hydrogen-bond donors (Lipinski definition) is 1. The van der Waals surface area contributed by atoms with Crippen molar-refractivity contribution in [1.82, 2.24) is 4.98 Å². The summed E-state index contributed by atoms with van der Waals surface area (Å²) in [5, 5.41) is -0.0193. The summed E-state index contributed by atoms with van der Waals surface area (Å²) in [6.07, 6.45) is 0. The Labute approximate surface area is 127 Å². The highest BCUT2D eigenvalue weighted by Gasteiger charge is 2.16. The number of aromatic nitrogens is 1. The topological polar surface area (TPSA) is 57.4 Å². The summed E-state index contributed by atoms with van der Waals surface area (Å²) in [6, 6.07) is 7.29. The Morgan fingerprint density at radius 3 is 2.52 bits per heavy atom. The van der Waals surface area contributed by atoms with Crippen molar-refractivity contribution in [3.8, 4) is 17.5 Å². The Kier molecular flexibility index (Phi) is 4.23. The SMILES string of the molecule is CC(C)(C)Oc1nc(Oc2ccc(F)c(Cl)c2)ccc1N. The Balaban J connectivity index is 2.24. The molecule has 0 radical (unpaired) electrons. The van der Waals surface area contributed by atoms with E-state index >= 15 is 0 Å². The fourth-order valence-corrected chi connectivity index (χ4v) is 1.69. The molecular formula is C15H16ClFN2O2. The second-order valence-electron chi connectivity index (χ2n) is 5.44. The number of halogens is 2. The van der Waals surface area contributed by atoms with Crippen LogP contribution in [0.3, 0.4) is 0 Å². The second kappa shape index (κ2) is 5.77. The van der Waals surface area contributed by atoms with Gasteiger partial charge in [-0.2, -0.15) is 4.98 Å². The number of pyridine rings is 1. The van der Waals surface area contributed by atoms with E-state index < -0.39 is 11.4 Å². The van der Waals surface area contributed by atoms with Gasteiger partial charge in [-0.05, 0) is 39.0 Å². The molecule has 0 fully saturated rings. The van der Waals surface area contributed by atoms with E-state index in [0.29, 0.717) is 11.4 Å². The summed E-state index contributed by atoms with van der Waals surface area (Å²) in [4.78, 5) is 4.20. The molecule has 4 nitrogen and oxygen atoms in total. The van der Waals surface area contributed by atoms with Crippen LogP contribution in [0.25, 0.3) is 0 Å². The van der Waals surface area contributed by atoms with E-state index in [1.807, 2.05) is 20.8 Å². The van der Waals surface area contributed by atoms with Crippen molar-refractivity contribution in [3.05, 3.63) is 41.2 Å². The lowest BCUT2D eigenvalue weighted by Crippen LogP contribution is -2.24. The molecule has 0 atom stereocenters. The van der Waals surface area contributed by atoms with E-state index in [4.69, 9.17) is 26.8 Å². The molecule has 1 aromatic heterocycles. The van der Waals surface area contributed by atoms with E-state index in [1.54, 1.807) is 12.1 Å². The Morgan fingerprint density at radius 2 is 1.90 bits per heavy atom. The Hall–Kier alpha value is -2.01. The molecule has 0 bridgehead atoms. The van der Waals surface area contributed by atoms with Crippen molar-refractivity contribution in [2.45, 2.75) is 26.4 Å². The summed E-state index contributed by atoms with van der Waals surface area (Å²) < 4.78 is 24.3. The van der Waals surface area contributed by atoms with E-state index in [1.165, 1.54) is 18.2 Å². The minimum absolute atomic E-state index is 0.0193. The molecule has 0 saturated heterocycles. The van der Waals surface area contributed by atoms with Crippen LogP contribution in [-0.2, 0) is 0 Å². The van der Waals surface area contributed by atoms with E-state index in [2.05, 4.69) is 4.98 Å². The van der Waals surface area contributed by atoms with Crippen LogP contribution in [0, 0.1) is 5.82 Å². The number of nitrogens with zero attached hydrogens (tertiary/aromatic N) is 1.